The molecule has 0 radical (unpaired) electrons. The van der Waals surface area contributed by atoms with Crippen LogP contribution in [0.4, 0.5) is 0 Å². The predicted molar refractivity (Wildman–Crippen MR) is 88.0 cm³/mol. The van der Waals surface area contributed by atoms with Crippen LogP contribution in [0.1, 0.15) is 13.3 Å². The van der Waals surface area contributed by atoms with Gasteiger partial charge in [-0.2, -0.15) is 0 Å². The van der Waals surface area contributed by atoms with Crippen LogP contribution in [0.25, 0.3) is 0 Å². The van der Waals surface area contributed by atoms with E-state index in [1.165, 1.54) is 10.8 Å². The second kappa shape index (κ2) is 9.74. The number of hydrogen-bond acceptors (Lipinski definition) is 0. The van der Waals surface area contributed by atoms with Gasteiger partial charge < -0.3 is 0 Å². The fourth-order valence-corrected chi connectivity index (χ4v) is 0. The fourth-order valence-electron chi connectivity index (χ4n) is 0. The summed E-state index contributed by atoms with van der Waals surface area (Å²) in [4.78, 5) is 0. The molecule has 5 heteroatoms. The van der Waals surface area contributed by atoms with Crippen LogP contribution in [0, 0.1) is 0 Å². The summed E-state index contributed by atoms with van der Waals surface area (Å²) in [5.74, 6) is 0. The Morgan fingerprint density at radius 1 is 1.11 bits per heavy atom. The van der Waals surface area contributed by atoms with Crippen molar-refractivity contribution in [3.63, 3.8) is 0 Å². The van der Waals surface area contributed by atoms with Gasteiger partial charge in [0.15, 0.2) is -2.56 Å². The van der Waals surface area contributed by atoms with Gasteiger partial charge in [-0.15, -0.1) is 0 Å². The molecule has 0 aliphatic rings. The van der Waals surface area contributed by atoms with Gasteiger partial charge >= 0.3 is 0 Å². The van der Waals surface area contributed by atoms with E-state index in [0.717, 1.165) is 0 Å². The van der Waals surface area contributed by atoms with Crippen LogP contribution in [-0.4, -0.2) is 1.87 Å². The van der Waals surface area contributed by atoms with E-state index in [-0.39, 0.29) is 0 Å². The summed E-state index contributed by atoms with van der Waals surface area (Å²) in [6, 6.07) is 0. The summed E-state index contributed by atoms with van der Waals surface area (Å²) in [7, 11) is 0. The molecule has 9 heavy (non-hydrogen) atoms. The zero-order valence-corrected chi connectivity index (χ0v) is 15.6. The molecule has 0 N–H and O–H groups in total. The molecule has 58 valence electrons. The molecule has 0 saturated heterocycles. The summed E-state index contributed by atoms with van der Waals surface area (Å²) < 4.78 is 1.67. The Bertz CT molecular complexity index is 39.4. The van der Waals surface area contributed by atoms with E-state index < -0.39 is 0 Å². The van der Waals surface area contributed by atoms with Crippen LogP contribution < -0.4 is 0 Å². The average molecular weight is 690 g/mol. The summed E-state index contributed by atoms with van der Waals surface area (Å²) >= 11 is 11.7. The average Bonchev–Trinajstić information content (AvgIpc) is 1.61. The minimum atomic E-state index is 0.380. The maximum atomic E-state index is 2.35. The minimum Gasteiger partial charge on any atom is -0.0864 e. The van der Waals surface area contributed by atoms with E-state index >= 15 is 0 Å². The lowest BCUT2D eigenvalue weighted by Gasteiger charge is -1.94. The van der Waals surface area contributed by atoms with E-state index in [9.17, 15) is 0 Å². The molecular weight excluding hydrogens is 683 g/mol. The van der Waals surface area contributed by atoms with Gasteiger partial charge in [-0.1, -0.05) is 29.5 Å². The lowest BCUT2D eigenvalue weighted by Crippen LogP contribution is -1.73. The van der Waals surface area contributed by atoms with Gasteiger partial charge in [-0.3, -0.25) is 0 Å². The molecule has 0 aromatic rings. The van der Waals surface area contributed by atoms with Gasteiger partial charge in [0.2, 0.25) is 0 Å². The lowest BCUT2D eigenvalue weighted by molar-refractivity contribution is 1.13. The first-order valence-corrected chi connectivity index (χ1v) is 8.07. The van der Waals surface area contributed by atoms with Crippen molar-refractivity contribution in [2.75, 3.05) is 4.43 Å². The normalized spacial score (nSPS) is 10.0. The molecule has 0 heterocycles. The molecule has 0 amide bonds. The third-order valence-corrected chi connectivity index (χ3v) is 1.27. The Balaban J connectivity index is 0. The Hall–Kier alpha value is 3.65. The van der Waals surface area contributed by atoms with Crippen LogP contribution in [0.3, 0.4) is 0 Å². The number of hydrogen-bond donors (Lipinski definition) is 0. The topological polar surface area (TPSA) is 0 Å². The first-order valence-electron chi connectivity index (χ1n) is 2.23. The summed E-state index contributed by atoms with van der Waals surface area (Å²) in [6.07, 6.45) is 1.31. The highest BCUT2D eigenvalue weighted by atomic mass is 127. The molecule has 0 saturated carbocycles. The van der Waals surface area contributed by atoms with E-state index in [0.29, 0.717) is -2.56 Å². The van der Waals surface area contributed by atoms with Crippen LogP contribution >= 0.6 is 113 Å². The summed E-state index contributed by atoms with van der Waals surface area (Å²) in [5.41, 5.74) is 0. The van der Waals surface area contributed by atoms with E-state index in [1.807, 2.05) is 0 Å². The van der Waals surface area contributed by atoms with Crippen molar-refractivity contribution in [1.29, 1.82) is 0 Å². The fraction of sp³-hybridized carbons (Fsp3) is 1.00. The first-order chi connectivity index (χ1) is 3.91. The monoisotopic (exact) mass is 690 g/mol. The van der Waals surface area contributed by atoms with Gasteiger partial charge in [0, 0.05) is 0 Å². The quantitative estimate of drug-likeness (QED) is 0.264. The van der Waals surface area contributed by atoms with E-state index in [4.69, 9.17) is 0 Å². The molecule has 0 atom stereocenters. The van der Waals surface area contributed by atoms with Crippen molar-refractivity contribution in [1.82, 2.24) is 0 Å². The molecule has 0 unspecified atom stereocenters. The largest absolute Gasteiger partial charge is 0.174 e. The maximum absolute atomic E-state index is 2.35. The maximum Gasteiger partial charge on any atom is 0.174 e. The van der Waals surface area contributed by atoms with Crippen molar-refractivity contribution >= 4 is 113 Å². The van der Waals surface area contributed by atoms with Crippen molar-refractivity contribution < 1.29 is 0 Å². The smallest absolute Gasteiger partial charge is 0.0864 e. The molecule has 0 aliphatic carbocycles. The summed E-state index contributed by atoms with van der Waals surface area (Å²) in [5, 5.41) is 0. The Morgan fingerprint density at radius 2 is 1.22 bits per heavy atom. The molecule has 0 bridgehead atoms. The van der Waals surface area contributed by atoms with Crippen molar-refractivity contribution in [2.45, 2.75) is 10.8 Å². The third-order valence-electron chi connectivity index (χ3n) is 0.189. The molecule has 0 aliphatic heterocycles. The van der Waals surface area contributed by atoms with Gasteiger partial charge in [-0.05, 0) is 101 Å². The number of halogens is 5. The molecule has 0 fully saturated rings. The van der Waals surface area contributed by atoms with Gasteiger partial charge in [0.05, 0.1) is 0 Å². The van der Waals surface area contributed by atoms with Crippen molar-refractivity contribution in [2.24, 2.45) is 0 Å². The van der Waals surface area contributed by atoms with Crippen LogP contribution in [0.15, 0.2) is 0 Å². The van der Waals surface area contributed by atoms with Crippen LogP contribution in [-0.2, 0) is 0 Å². The molecular formula is C4H7I5. The van der Waals surface area contributed by atoms with Crippen LogP contribution in [0.2, 0.25) is 0 Å². The van der Waals surface area contributed by atoms with Gasteiger partial charge in [0.25, 0.3) is 0 Å². The van der Waals surface area contributed by atoms with Gasteiger partial charge in [-0.25, -0.2) is 0 Å². The zero-order chi connectivity index (χ0) is 7.91. The van der Waals surface area contributed by atoms with E-state index in [2.05, 4.69) is 120 Å². The standard InChI is InChI=1S/C3H7I.CI4/c1-2-3-4;2-1(3,4)5/h2-3H2,1H3;. The van der Waals surface area contributed by atoms with Crippen LogP contribution in [0.5, 0.6) is 0 Å². The third kappa shape index (κ3) is 50.2. The lowest BCUT2D eigenvalue weighted by atomic mass is 10.6. The molecule has 0 nitrogen and oxygen atoms in total. The number of rotatable bonds is 1. The molecule has 0 aromatic carbocycles. The first kappa shape index (κ1) is 15.1. The Kier molecular flexibility index (Phi) is 16.4. The van der Waals surface area contributed by atoms with Crippen molar-refractivity contribution in [3.8, 4) is 0 Å². The molecule has 0 aromatic heterocycles. The Morgan fingerprint density at radius 3 is 1.22 bits per heavy atom. The van der Waals surface area contributed by atoms with Gasteiger partial charge in [0.1, 0.15) is 0 Å². The second-order valence-corrected chi connectivity index (χ2v) is 21.1. The highest BCUT2D eigenvalue weighted by molar-refractivity contribution is 14.4. The SMILES string of the molecule is CCCI.IC(I)(I)I. The number of alkyl halides is 5. The van der Waals surface area contributed by atoms with Crippen molar-refractivity contribution in [3.05, 3.63) is 0 Å². The second-order valence-electron chi connectivity index (χ2n) is 1.12. The molecule has 0 rings (SSSR count). The molecule has 0 spiro atoms. The Labute approximate surface area is 125 Å². The minimum absolute atomic E-state index is 0.380. The highest BCUT2D eigenvalue weighted by Crippen LogP contribution is 2.42. The highest BCUT2D eigenvalue weighted by Gasteiger charge is 2.07. The van der Waals surface area contributed by atoms with E-state index in [1.54, 1.807) is 0 Å². The predicted octanol–water partition coefficient (Wildman–Crippen LogP) is 5.17. The summed E-state index contributed by atoms with van der Waals surface area (Å²) in [6.45, 7) is 2.17. The zero-order valence-electron chi connectivity index (χ0n) is 4.80.